The van der Waals surface area contributed by atoms with Crippen LogP contribution in [0.2, 0.25) is 0 Å². The highest BCUT2D eigenvalue weighted by atomic mass is 19.1. The topological polar surface area (TPSA) is 70.2 Å². The third kappa shape index (κ3) is 4.50. The van der Waals surface area contributed by atoms with Crippen molar-refractivity contribution in [3.63, 3.8) is 0 Å². The molecule has 2 fully saturated rings. The lowest BCUT2D eigenvalue weighted by molar-refractivity contribution is -0.133. The van der Waals surface area contributed by atoms with Crippen LogP contribution in [0, 0.1) is 5.82 Å². The van der Waals surface area contributed by atoms with Crippen molar-refractivity contribution in [3.8, 4) is 0 Å². The van der Waals surface area contributed by atoms with E-state index in [1.165, 1.54) is 17.0 Å². The number of hydrogen-bond donors (Lipinski definition) is 0. The predicted molar refractivity (Wildman–Crippen MR) is 90.8 cm³/mol. The van der Waals surface area contributed by atoms with E-state index in [0.717, 1.165) is 5.56 Å². The summed E-state index contributed by atoms with van der Waals surface area (Å²) < 4.78 is 17.8. The van der Waals surface area contributed by atoms with Gasteiger partial charge in [-0.3, -0.25) is 14.5 Å². The van der Waals surface area contributed by atoms with Crippen LogP contribution >= 0.6 is 0 Å². The van der Waals surface area contributed by atoms with Crippen LogP contribution in [0.4, 0.5) is 9.18 Å². The molecule has 3 rings (SSSR count). The van der Waals surface area contributed by atoms with Gasteiger partial charge >= 0.3 is 6.09 Å². The van der Waals surface area contributed by atoms with Gasteiger partial charge in [-0.15, -0.1) is 0 Å². The lowest BCUT2D eigenvalue weighted by Crippen LogP contribution is -2.43. The third-order valence-electron chi connectivity index (χ3n) is 4.64. The number of hydrogen-bond acceptors (Lipinski definition) is 4. The minimum Gasteiger partial charge on any atom is -0.448 e. The van der Waals surface area contributed by atoms with E-state index in [1.807, 2.05) is 0 Å². The van der Waals surface area contributed by atoms with Gasteiger partial charge in [-0.2, -0.15) is 0 Å². The maximum atomic E-state index is 13.0. The first kappa shape index (κ1) is 18.2. The van der Waals surface area contributed by atoms with Gasteiger partial charge in [0.15, 0.2) is 0 Å². The largest absolute Gasteiger partial charge is 0.448 e. The molecule has 2 heterocycles. The fourth-order valence-corrected chi connectivity index (χ4v) is 3.14. The lowest BCUT2D eigenvalue weighted by Gasteiger charge is -2.23. The van der Waals surface area contributed by atoms with E-state index < -0.39 is 6.09 Å². The Kier molecular flexibility index (Phi) is 5.70. The molecule has 0 atom stereocenters. The molecule has 0 aromatic heterocycles. The van der Waals surface area contributed by atoms with Crippen molar-refractivity contribution in [1.82, 2.24) is 14.7 Å². The molecular weight excluding hydrogens is 341 g/mol. The van der Waals surface area contributed by atoms with Crippen molar-refractivity contribution in [1.29, 1.82) is 0 Å². The van der Waals surface area contributed by atoms with Gasteiger partial charge in [-0.1, -0.05) is 12.1 Å². The number of cyclic esters (lactones) is 1. The minimum atomic E-state index is -0.454. The predicted octanol–water partition coefficient (Wildman–Crippen LogP) is 0.881. The van der Waals surface area contributed by atoms with E-state index >= 15 is 0 Å². The molecule has 1 aromatic carbocycles. The number of rotatable bonds is 4. The molecular formula is C18H22FN3O4. The molecule has 0 radical (unpaired) electrons. The number of halogens is 1. The maximum Gasteiger partial charge on any atom is 0.410 e. The Morgan fingerprint density at radius 1 is 0.962 bits per heavy atom. The van der Waals surface area contributed by atoms with Crippen molar-refractivity contribution < 1.29 is 23.5 Å². The van der Waals surface area contributed by atoms with E-state index in [0.29, 0.717) is 45.8 Å². The number of benzene rings is 1. The number of nitrogens with zero attached hydrogens (tertiary/aromatic N) is 3. The van der Waals surface area contributed by atoms with Crippen molar-refractivity contribution in [2.45, 2.75) is 12.8 Å². The van der Waals surface area contributed by atoms with Crippen LogP contribution in [-0.2, 0) is 20.7 Å². The normalized spacial score (nSPS) is 17.9. The number of carbonyl (C=O) groups excluding carboxylic acids is 3. The van der Waals surface area contributed by atoms with E-state index in [4.69, 9.17) is 4.74 Å². The van der Waals surface area contributed by atoms with Gasteiger partial charge in [0.2, 0.25) is 11.8 Å². The lowest BCUT2D eigenvalue weighted by atomic mass is 10.1. The van der Waals surface area contributed by atoms with Crippen LogP contribution in [0.25, 0.3) is 0 Å². The molecule has 7 nitrogen and oxygen atoms in total. The molecule has 0 bridgehead atoms. The zero-order valence-corrected chi connectivity index (χ0v) is 14.5. The van der Waals surface area contributed by atoms with Crippen LogP contribution in [0.1, 0.15) is 12.0 Å². The molecule has 140 valence electrons. The van der Waals surface area contributed by atoms with Gasteiger partial charge < -0.3 is 14.5 Å². The molecule has 26 heavy (non-hydrogen) atoms. The smallest absolute Gasteiger partial charge is 0.410 e. The van der Waals surface area contributed by atoms with Crippen molar-refractivity contribution >= 4 is 17.9 Å². The van der Waals surface area contributed by atoms with Gasteiger partial charge in [0.1, 0.15) is 19.0 Å². The van der Waals surface area contributed by atoms with E-state index in [2.05, 4.69) is 0 Å². The Morgan fingerprint density at radius 2 is 1.62 bits per heavy atom. The number of carbonyl (C=O) groups is 3. The number of ether oxygens (including phenoxy) is 1. The zero-order valence-electron chi connectivity index (χ0n) is 14.5. The summed E-state index contributed by atoms with van der Waals surface area (Å²) in [4.78, 5) is 41.1. The molecule has 0 aliphatic carbocycles. The first-order valence-electron chi connectivity index (χ1n) is 8.74. The average molecular weight is 363 g/mol. The molecule has 1 aromatic rings. The molecule has 0 saturated carbocycles. The Balaban J connectivity index is 1.50. The molecule has 2 aliphatic heterocycles. The highest BCUT2D eigenvalue weighted by Gasteiger charge is 2.28. The highest BCUT2D eigenvalue weighted by molar-refractivity contribution is 5.83. The summed E-state index contributed by atoms with van der Waals surface area (Å²) >= 11 is 0. The number of amides is 3. The summed E-state index contributed by atoms with van der Waals surface area (Å²) in [5.41, 5.74) is 0.765. The Bertz CT molecular complexity index is 680. The van der Waals surface area contributed by atoms with Crippen LogP contribution < -0.4 is 0 Å². The SMILES string of the molecule is O=C(Cc1ccc(F)cc1)N1CCCN(C(=O)CN2CCOC2=O)CC1. The fourth-order valence-electron chi connectivity index (χ4n) is 3.14. The van der Waals surface area contributed by atoms with Gasteiger partial charge in [0.25, 0.3) is 0 Å². The molecule has 0 N–H and O–H groups in total. The summed E-state index contributed by atoms with van der Waals surface area (Å²) in [6.07, 6.45) is 0.448. The Hall–Kier alpha value is -2.64. The first-order valence-corrected chi connectivity index (χ1v) is 8.74. The molecule has 8 heteroatoms. The van der Waals surface area contributed by atoms with Crippen molar-refractivity contribution in [3.05, 3.63) is 35.6 Å². The summed E-state index contributed by atoms with van der Waals surface area (Å²) in [5.74, 6) is -0.488. The van der Waals surface area contributed by atoms with Gasteiger partial charge in [0.05, 0.1) is 13.0 Å². The molecule has 0 spiro atoms. The monoisotopic (exact) mass is 363 g/mol. The average Bonchev–Trinajstić information content (AvgIpc) is 2.87. The van der Waals surface area contributed by atoms with Crippen molar-refractivity contribution in [2.75, 3.05) is 45.9 Å². The summed E-state index contributed by atoms with van der Waals surface area (Å²) in [7, 11) is 0. The maximum absolute atomic E-state index is 13.0. The Labute approximate surface area is 151 Å². The van der Waals surface area contributed by atoms with Gasteiger partial charge in [0, 0.05) is 26.2 Å². The molecule has 2 saturated heterocycles. The summed E-state index contributed by atoms with van der Waals surface area (Å²) in [6, 6.07) is 5.90. The quantitative estimate of drug-likeness (QED) is 0.796. The highest BCUT2D eigenvalue weighted by Crippen LogP contribution is 2.10. The van der Waals surface area contributed by atoms with E-state index in [-0.39, 0.29) is 30.6 Å². The summed E-state index contributed by atoms with van der Waals surface area (Å²) in [6.45, 7) is 2.80. The van der Waals surface area contributed by atoms with Crippen LogP contribution in [0.3, 0.4) is 0 Å². The van der Waals surface area contributed by atoms with Crippen LogP contribution in [0.15, 0.2) is 24.3 Å². The van der Waals surface area contributed by atoms with Crippen LogP contribution in [-0.4, -0.2) is 78.5 Å². The van der Waals surface area contributed by atoms with Gasteiger partial charge in [-0.05, 0) is 24.1 Å². The first-order chi connectivity index (χ1) is 12.5. The zero-order chi connectivity index (χ0) is 18.5. The van der Waals surface area contributed by atoms with E-state index in [1.54, 1.807) is 21.9 Å². The molecule has 0 unspecified atom stereocenters. The standard InChI is InChI=1S/C18H22FN3O4/c19-15-4-2-14(3-5-15)12-16(23)20-6-1-7-21(9-8-20)17(24)13-22-10-11-26-18(22)25/h2-5H,1,6-13H2. The van der Waals surface area contributed by atoms with Gasteiger partial charge in [-0.25, -0.2) is 9.18 Å². The second-order valence-electron chi connectivity index (χ2n) is 6.45. The third-order valence-corrected chi connectivity index (χ3v) is 4.64. The second-order valence-corrected chi connectivity index (χ2v) is 6.45. The van der Waals surface area contributed by atoms with E-state index in [9.17, 15) is 18.8 Å². The fraction of sp³-hybridized carbons (Fsp3) is 0.500. The Morgan fingerprint density at radius 3 is 2.23 bits per heavy atom. The summed E-state index contributed by atoms with van der Waals surface area (Å²) in [5, 5.41) is 0. The molecule has 3 amide bonds. The second kappa shape index (κ2) is 8.16. The molecule has 2 aliphatic rings. The minimum absolute atomic E-state index is 0.0162. The van der Waals surface area contributed by atoms with Crippen molar-refractivity contribution in [2.24, 2.45) is 0 Å². The van der Waals surface area contributed by atoms with Crippen LogP contribution in [0.5, 0.6) is 0 Å².